The lowest BCUT2D eigenvalue weighted by molar-refractivity contribution is -0.379. The average molecular weight is 443 g/mol. The molecule has 1 aliphatic rings. The summed E-state index contributed by atoms with van der Waals surface area (Å²) in [5, 5.41) is 12.9. The minimum absolute atomic E-state index is 0.197. The van der Waals surface area contributed by atoms with E-state index in [2.05, 4.69) is 9.89 Å². The van der Waals surface area contributed by atoms with Crippen molar-refractivity contribution in [3.05, 3.63) is 60.2 Å². The minimum atomic E-state index is -1.51. The van der Waals surface area contributed by atoms with Gasteiger partial charge in [0.1, 0.15) is 18.1 Å². The smallest absolute Gasteiger partial charge is 0.457 e. The summed E-state index contributed by atoms with van der Waals surface area (Å²) < 4.78 is 21.2. The van der Waals surface area contributed by atoms with Gasteiger partial charge in [0.05, 0.1) is 18.9 Å². The molecule has 0 spiro atoms. The van der Waals surface area contributed by atoms with Gasteiger partial charge in [-0.3, -0.25) is 0 Å². The van der Waals surface area contributed by atoms with Crippen molar-refractivity contribution in [2.75, 3.05) is 19.8 Å². The molecule has 0 unspecified atom stereocenters. The van der Waals surface area contributed by atoms with Crippen LogP contribution >= 0.6 is 0 Å². The molecular weight excluding hydrogens is 414 g/mol. The van der Waals surface area contributed by atoms with Crippen LogP contribution in [0.2, 0.25) is 0 Å². The Balaban J connectivity index is 1.32. The van der Waals surface area contributed by atoms with E-state index < -0.39 is 12.1 Å². The number of carbonyl (C=O) groups is 1. The van der Waals surface area contributed by atoms with Gasteiger partial charge < -0.3 is 28.9 Å². The number of hydrogen-bond donors (Lipinski definition) is 1. The fourth-order valence-electron chi connectivity index (χ4n) is 3.20. The zero-order valence-electron chi connectivity index (χ0n) is 18.4. The first-order valence-electron chi connectivity index (χ1n) is 10.6. The van der Waals surface area contributed by atoms with Crippen LogP contribution in [0.4, 0.5) is 4.79 Å². The Bertz CT molecular complexity index is 875. The topological polar surface area (TPSA) is 95.8 Å². The zero-order chi connectivity index (χ0) is 22.8. The number of para-hydroxylation sites is 1. The van der Waals surface area contributed by atoms with E-state index in [1.807, 2.05) is 61.5 Å². The van der Waals surface area contributed by atoms with Crippen molar-refractivity contribution in [3.63, 3.8) is 0 Å². The van der Waals surface area contributed by atoms with Crippen LogP contribution in [0.1, 0.15) is 38.7 Å². The lowest BCUT2D eigenvalue weighted by Crippen LogP contribution is -2.45. The molecule has 8 heteroatoms. The maximum absolute atomic E-state index is 10.6. The van der Waals surface area contributed by atoms with Crippen LogP contribution in [0.5, 0.6) is 11.5 Å². The number of nitrogens with zero attached hydrogens (tertiary/aromatic N) is 1. The monoisotopic (exact) mass is 443 g/mol. The third-order valence-corrected chi connectivity index (χ3v) is 4.99. The van der Waals surface area contributed by atoms with Crippen molar-refractivity contribution in [1.82, 2.24) is 0 Å². The predicted octanol–water partition coefficient (Wildman–Crippen LogP) is 5.42. The van der Waals surface area contributed by atoms with Gasteiger partial charge in [0.25, 0.3) is 0 Å². The van der Waals surface area contributed by atoms with Crippen LogP contribution in [0.3, 0.4) is 0 Å². The van der Waals surface area contributed by atoms with Crippen molar-refractivity contribution >= 4 is 11.9 Å². The SMILES string of the molecule is CC(=NOCCCCC1COC(C)(OC(=O)O)OC1)c1ccc(Oc2ccccc2)cc1. The van der Waals surface area contributed by atoms with E-state index in [-0.39, 0.29) is 5.92 Å². The fourth-order valence-corrected chi connectivity index (χ4v) is 3.20. The van der Waals surface area contributed by atoms with E-state index in [0.717, 1.165) is 42.0 Å². The van der Waals surface area contributed by atoms with Gasteiger partial charge in [-0.05, 0) is 68.1 Å². The molecule has 1 saturated heterocycles. The predicted molar refractivity (Wildman–Crippen MR) is 118 cm³/mol. The molecule has 0 aromatic heterocycles. The van der Waals surface area contributed by atoms with Crippen LogP contribution in [0, 0.1) is 5.92 Å². The van der Waals surface area contributed by atoms with Crippen molar-refractivity contribution in [2.24, 2.45) is 11.1 Å². The second kappa shape index (κ2) is 11.5. The first-order chi connectivity index (χ1) is 15.4. The molecule has 0 amide bonds. The molecule has 0 bridgehead atoms. The molecule has 1 aliphatic heterocycles. The maximum atomic E-state index is 10.6. The Kier molecular flexibility index (Phi) is 8.47. The number of rotatable bonds is 10. The van der Waals surface area contributed by atoms with Crippen molar-refractivity contribution in [3.8, 4) is 11.5 Å². The van der Waals surface area contributed by atoms with Crippen molar-refractivity contribution in [2.45, 2.75) is 39.1 Å². The first-order valence-corrected chi connectivity index (χ1v) is 10.6. The molecule has 3 rings (SSSR count). The largest absolute Gasteiger partial charge is 0.510 e. The van der Waals surface area contributed by atoms with Crippen LogP contribution in [0.15, 0.2) is 59.8 Å². The standard InChI is InChI=1S/C24H29NO7/c1-18(20-11-13-22(14-12-20)31-21-9-4-3-5-10-21)25-30-15-7-6-8-19-16-28-24(2,29-17-19)32-23(26)27/h3-5,9-14,19H,6-8,15-17H2,1-2H3,(H,26,27). The highest BCUT2D eigenvalue weighted by molar-refractivity contribution is 5.98. The van der Waals surface area contributed by atoms with Crippen LogP contribution in [0.25, 0.3) is 0 Å². The molecule has 1 N–H and O–H groups in total. The number of benzene rings is 2. The Morgan fingerprint density at radius 3 is 2.38 bits per heavy atom. The molecule has 32 heavy (non-hydrogen) atoms. The summed E-state index contributed by atoms with van der Waals surface area (Å²) in [7, 11) is 0. The Labute approximate surface area is 187 Å². The number of carboxylic acid groups (broad SMARTS) is 1. The third kappa shape index (κ3) is 7.55. The van der Waals surface area contributed by atoms with Gasteiger partial charge >= 0.3 is 12.1 Å². The first kappa shape index (κ1) is 23.6. The summed E-state index contributed by atoms with van der Waals surface area (Å²) in [5.74, 6) is 0.244. The summed E-state index contributed by atoms with van der Waals surface area (Å²) in [4.78, 5) is 16.1. The molecule has 8 nitrogen and oxygen atoms in total. The zero-order valence-corrected chi connectivity index (χ0v) is 18.4. The van der Waals surface area contributed by atoms with Gasteiger partial charge in [-0.1, -0.05) is 23.4 Å². The molecular formula is C24H29NO7. The van der Waals surface area contributed by atoms with Gasteiger partial charge in [-0.15, -0.1) is 0 Å². The fraction of sp³-hybridized carbons (Fsp3) is 0.417. The number of hydrogen-bond acceptors (Lipinski definition) is 7. The summed E-state index contributed by atoms with van der Waals surface area (Å²) in [6, 6.07) is 17.3. The van der Waals surface area contributed by atoms with E-state index in [1.54, 1.807) is 0 Å². The van der Waals surface area contributed by atoms with E-state index in [9.17, 15) is 4.79 Å². The number of ether oxygens (including phenoxy) is 4. The second-order valence-corrected chi connectivity index (χ2v) is 7.66. The summed E-state index contributed by atoms with van der Waals surface area (Å²) in [6.45, 7) is 4.66. The summed E-state index contributed by atoms with van der Waals surface area (Å²) in [5.41, 5.74) is 1.76. The third-order valence-electron chi connectivity index (χ3n) is 4.99. The molecule has 0 saturated carbocycles. The maximum Gasteiger partial charge on any atom is 0.510 e. The molecule has 1 heterocycles. The molecule has 2 aromatic rings. The highest BCUT2D eigenvalue weighted by Gasteiger charge is 2.36. The molecule has 0 aliphatic carbocycles. The van der Waals surface area contributed by atoms with Crippen molar-refractivity contribution in [1.29, 1.82) is 0 Å². The van der Waals surface area contributed by atoms with E-state index in [0.29, 0.717) is 19.8 Å². The molecule has 0 atom stereocenters. The van der Waals surface area contributed by atoms with Crippen molar-refractivity contribution < 1.29 is 33.7 Å². The van der Waals surface area contributed by atoms with E-state index >= 15 is 0 Å². The minimum Gasteiger partial charge on any atom is -0.457 e. The lowest BCUT2D eigenvalue weighted by atomic mass is 10.0. The molecule has 2 aromatic carbocycles. The van der Waals surface area contributed by atoms with Gasteiger partial charge in [-0.2, -0.15) is 0 Å². The van der Waals surface area contributed by atoms with E-state index in [4.69, 9.17) is 24.2 Å². The Morgan fingerprint density at radius 2 is 1.72 bits per heavy atom. The van der Waals surface area contributed by atoms with Gasteiger partial charge in [0, 0.05) is 12.8 Å². The number of oxime groups is 1. The van der Waals surface area contributed by atoms with Gasteiger partial charge in [0.15, 0.2) is 0 Å². The lowest BCUT2D eigenvalue weighted by Gasteiger charge is -2.35. The Morgan fingerprint density at radius 1 is 1.06 bits per heavy atom. The molecule has 0 radical (unpaired) electrons. The molecule has 172 valence electrons. The highest BCUT2D eigenvalue weighted by Crippen LogP contribution is 2.25. The van der Waals surface area contributed by atoms with Crippen LogP contribution in [-0.2, 0) is 19.0 Å². The quantitative estimate of drug-likeness (QED) is 0.227. The number of unbranched alkanes of at least 4 members (excludes halogenated alkanes) is 1. The van der Waals surface area contributed by atoms with Crippen LogP contribution < -0.4 is 4.74 Å². The molecule has 1 fully saturated rings. The highest BCUT2D eigenvalue weighted by atomic mass is 16.9. The average Bonchev–Trinajstić information content (AvgIpc) is 2.78. The van der Waals surface area contributed by atoms with Gasteiger partial charge in [0.2, 0.25) is 0 Å². The summed E-state index contributed by atoms with van der Waals surface area (Å²) >= 11 is 0. The van der Waals surface area contributed by atoms with Crippen LogP contribution in [-0.4, -0.2) is 42.8 Å². The summed E-state index contributed by atoms with van der Waals surface area (Å²) in [6.07, 6.45) is 1.24. The normalized spacial score (nSPS) is 21.1. The van der Waals surface area contributed by atoms with E-state index in [1.165, 1.54) is 6.92 Å². The second-order valence-electron chi connectivity index (χ2n) is 7.66. The Hall–Kier alpha value is -3.10. The van der Waals surface area contributed by atoms with Gasteiger partial charge in [-0.25, -0.2) is 4.79 Å².